The molecule has 1 heterocycles. The van der Waals surface area contributed by atoms with Crippen LogP contribution in [0.3, 0.4) is 0 Å². The predicted molar refractivity (Wildman–Crippen MR) is 64.4 cm³/mol. The molecule has 0 spiro atoms. The maximum Gasteiger partial charge on any atom is 0.321 e. The van der Waals surface area contributed by atoms with Gasteiger partial charge in [0.2, 0.25) is 0 Å². The number of nitrogens with zero attached hydrogens (tertiary/aromatic N) is 1. The minimum Gasteiger partial charge on any atom is -0.480 e. The molecule has 0 bridgehead atoms. The number of carboxylic acids is 1. The van der Waals surface area contributed by atoms with Gasteiger partial charge in [0.05, 0.1) is 0 Å². The van der Waals surface area contributed by atoms with Crippen molar-refractivity contribution in [2.24, 2.45) is 0 Å². The summed E-state index contributed by atoms with van der Waals surface area (Å²) in [6.07, 6.45) is 3.04. The minimum absolute atomic E-state index is 0.255. The van der Waals surface area contributed by atoms with Gasteiger partial charge in [-0.25, -0.2) is 0 Å². The Labute approximate surface area is 90.1 Å². The Morgan fingerprint density at radius 1 is 1.50 bits per heavy atom. The zero-order chi connectivity index (χ0) is 11.6. The fraction of sp³-hybridized carbons (Fsp3) is 0.900. The Balaban J connectivity index is 0. The molecule has 2 unspecified atom stereocenters. The molecule has 0 aromatic rings. The van der Waals surface area contributed by atoms with Gasteiger partial charge >= 0.3 is 5.97 Å². The van der Waals surface area contributed by atoms with E-state index in [1.165, 1.54) is 6.42 Å². The van der Waals surface area contributed by atoms with Crippen LogP contribution in [0.5, 0.6) is 0 Å². The third-order valence-corrected chi connectivity index (χ3v) is 2.20. The van der Waals surface area contributed by atoms with Crippen LogP contribution in [0, 0.1) is 0 Å². The molecule has 3 nitrogen and oxygen atoms in total. The fourth-order valence-corrected chi connectivity index (χ4v) is 1.51. The van der Waals surface area contributed by atoms with E-state index in [0.717, 1.165) is 19.4 Å². The van der Waals surface area contributed by atoms with Gasteiger partial charge in [-0.15, -0.1) is 0 Å². The molecule has 2 atom stereocenters. The molecular weight excluding hydrogens is 197 g/mol. The number of carbonyl (C=O) groups is 1. The van der Waals surface area contributed by atoms with E-state index < -0.39 is 5.97 Å². The molecule has 86 valence electrons. The zero-order valence-electron chi connectivity index (χ0n) is 9.79. The average molecular weight is 221 g/mol. The quantitative estimate of drug-likeness (QED) is 0.692. The molecule has 1 N–H and O–H groups in total. The van der Waals surface area contributed by atoms with Crippen molar-refractivity contribution in [1.29, 1.82) is 0 Å². The van der Waals surface area contributed by atoms with E-state index in [0.29, 0.717) is 0 Å². The number of hydrogen-bond acceptors (Lipinski definition) is 2. The Morgan fingerprint density at radius 3 is 2.07 bits per heavy atom. The summed E-state index contributed by atoms with van der Waals surface area (Å²) in [5.74, 6) is -0.706. The van der Waals surface area contributed by atoms with E-state index in [4.69, 9.17) is 5.11 Å². The molecule has 0 aromatic carbocycles. The summed E-state index contributed by atoms with van der Waals surface area (Å²) in [4.78, 5) is 10.4. The van der Waals surface area contributed by atoms with E-state index in [-0.39, 0.29) is 6.04 Å². The average Bonchev–Trinajstić information content (AvgIpc) is 2.56. The number of hydrogen-bond donors (Lipinski definition) is 1. The van der Waals surface area contributed by atoms with Crippen LogP contribution < -0.4 is 0 Å². The predicted octanol–water partition coefficient (Wildman–Crippen LogP) is 2.77. The fourth-order valence-electron chi connectivity index (χ4n) is 1.05. The van der Waals surface area contributed by atoms with Gasteiger partial charge in [-0.2, -0.15) is 0 Å². The van der Waals surface area contributed by atoms with Crippen LogP contribution in [0.4, 0.5) is 0 Å². The normalized spacial score (nSPS) is 20.2. The lowest BCUT2D eigenvalue weighted by atomic mass is 10.2. The first-order valence-electron chi connectivity index (χ1n) is 5.37. The van der Waals surface area contributed by atoms with Crippen molar-refractivity contribution in [2.45, 2.75) is 53.0 Å². The van der Waals surface area contributed by atoms with Crippen molar-refractivity contribution in [2.75, 3.05) is 6.54 Å². The SMILES string of the molecule is CC.CCC.O=C(O)C1CCCN1P. The second kappa shape index (κ2) is 10.9. The first kappa shape index (κ1) is 16.3. The van der Waals surface area contributed by atoms with Gasteiger partial charge in [-0.1, -0.05) is 43.5 Å². The lowest BCUT2D eigenvalue weighted by molar-refractivity contribution is -0.140. The molecule has 1 saturated heterocycles. The van der Waals surface area contributed by atoms with E-state index >= 15 is 0 Å². The molecule has 4 heteroatoms. The minimum atomic E-state index is -0.706. The van der Waals surface area contributed by atoms with Gasteiger partial charge in [0.25, 0.3) is 0 Å². The van der Waals surface area contributed by atoms with E-state index in [1.807, 2.05) is 13.8 Å². The summed E-state index contributed by atoms with van der Waals surface area (Å²) in [7, 11) is 2.43. The maximum absolute atomic E-state index is 10.4. The Hall–Kier alpha value is -0.140. The van der Waals surface area contributed by atoms with Crippen LogP contribution in [-0.4, -0.2) is 28.3 Å². The molecule has 1 aliphatic heterocycles. The Bertz CT molecular complexity index is 142. The van der Waals surface area contributed by atoms with Crippen LogP contribution in [-0.2, 0) is 4.79 Å². The van der Waals surface area contributed by atoms with Gasteiger partial charge in [0.15, 0.2) is 0 Å². The van der Waals surface area contributed by atoms with Crippen molar-refractivity contribution in [3.63, 3.8) is 0 Å². The number of aliphatic carboxylic acids is 1. The summed E-state index contributed by atoms with van der Waals surface area (Å²) in [6.45, 7) is 9.14. The van der Waals surface area contributed by atoms with Crippen LogP contribution in [0.2, 0.25) is 0 Å². The molecular formula is C10H24NO2P. The van der Waals surface area contributed by atoms with Crippen LogP contribution in [0.1, 0.15) is 47.0 Å². The van der Waals surface area contributed by atoms with Crippen LogP contribution >= 0.6 is 9.39 Å². The summed E-state index contributed by atoms with van der Waals surface area (Å²) < 4.78 is 1.79. The number of rotatable bonds is 1. The molecule has 1 rings (SSSR count). The molecule has 0 amide bonds. The molecule has 0 saturated carbocycles. The maximum atomic E-state index is 10.4. The third-order valence-electron chi connectivity index (χ3n) is 1.58. The van der Waals surface area contributed by atoms with Crippen molar-refractivity contribution >= 4 is 15.4 Å². The molecule has 1 fully saturated rings. The van der Waals surface area contributed by atoms with Crippen molar-refractivity contribution < 1.29 is 9.90 Å². The van der Waals surface area contributed by atoms with Gasteiger partial charge in [0, 0.05) is 6.54 Å². The highest BCUT2D eigenvalue weighted by Gasteiger charge is 2.26. The highest BCUT2D eigenvalue weighted by molar-refractivity contribution is 7.13. The monoisotopic (exact) mass is 221 g/mol. The summed E-state index contributed by atoms with van der Waals surface area (Å²) >= 11 is 0. The van der Waals surface area contributed by atoms with Crippen molar-refractivity contribution in [1.82, 2.24) is 4.67 Å². The topological polar surface area (TPSA) is 40.5 Å². The second-order valence-corrected chi connectivity index (χ2v) is 3.60. The van der Waals surface area contributed by atoms with Gasteiger partial charge in [-0.3, -0.25) is 9.46 Å². The lowest BCUT2D eigenvalue weighted by Crippen LogP contribution is -2.28. The van der Waals surface area contributed by atoms with E-state index in [2.05, 4.69) is 23.2 Å². The van der Waals surface area contributed by atoms with E-state index in [9.17, 15) is 4.79 Å². The lowest BCUT2D eigenvalue weighted by Gasteiger charge is -2.12. The Kier molecular flexibility index (Phi) is 12.7. The summed E-state index contributed by atoms with van der Waals surface area (Å²) in [5, 5.41) is 8.53. The molecule has 0 aliphatic carbocycles. The first-order valence-corrected chi connectivity index (χ1v) is 5.89. The highest BCUT2D eigenvalue weighted by Crippen LogP contribution is 2.20. The van der Waals surface area contributed by atoms with Crippen molar-refractivity contribution in [3.05, 3.63) is 0 Å². The van der Waals surface area contributed by atoms with Gasteiger partial charge < -0.3 is 5.11 Å². The smallest absolute Gasteiger partial charge is 0.321 e. The molecule has 1 aliphatic rings. The largest absolute Gasteiger partial charge is 0.480 e. The van der Waals surface area contributed by atoms with Gasteiger partial charge in [-0.05, 0) is 12.8 Å². The van der Waals surface area contributed by atoms with Crippen LogP contribution in [0.15, 0.2) is 0 Å². The Morgan fingerprint density at radius 2 is 1.93 bits per heavy atom. The second-order valence-electron chi connectivity index (χ2n) is 2.94. The zero-order valence-corrected chi connectivity index (χ0v) is 10.9. The highest BCUT2D eigenvalue weighted by atomic mass is 31.0. The molecule has 0 aromatic heterocycles. The standard InChI is InChI=1S/C5H10NO2P.C3H8.C2H6/c7-5(8)4-2-1-3-6(4)9;1-3-2;1-2/h4H,1-3,9H2,(H,7,8);3H2,1-2H3;1-2H3. The summed E-state index contributed by atoms with van der Waals surface area (Å²) in [6, 6.07) is -0.255. The van der Waals surface area contributed by atoms with E-state index in [1.54, 1.807) is 4.67 Å². The first-order chi connectivity index (χ1) is 6.63. The molecule has 0 radical (unpaired) electrons. The van der Waals surface area contributed by atoms with Crippen LogP contribution in [0.25, 0.3) is 0 Å². The van der Waals surface area contributed by atoms with Crippen molar-refractivity contribution in [3.8, 4) is 0 Å². The molecule has 14 heavy (non-hydrogen) atoms. The van der Waals surface area contributed by atoms with Gasteiger partial charge in [0.1, 0.15) is 6.04 Å². The number of carboxylic acid groups (broad SMARTS) is 1. The summed E-state index contributed by atoms with van der Waals surface area (Å²) in [5.41, 5.74) is 0. The third kappa shape index (κ3) is 7.28.